The van der Waals surface area contributed by atoms with Crippen molar-refractivity contribution in [2.24, 2.45) is 0 Å². The fourth-order valence-electron chi connectivity index (χ4n) is 3.67. The van der Waals surface area contributed by atoms with Crippen LogP contribution in [-0.2, 0) is 0 Å². The molecule has 7 nitrogen and oxygen atoms in total. The first-order valence-electron chi connectivity index (χ1n) is 10.5. The predicted molar refractivity (Wildman–Crippen MR) is 125 cm³/mol. The zero-order valence-electron chi connectivity index (χ0n) is 18.2. The lowest BCUT2D eigenvalue weighted by molar-refractivity contribution is 0.102. The first-order valence-corrected chi connectivity index (χ1v) is 10.5. The van der Waals surface area contributed by atoms with E-state index in [2.05, 4.69) is 49.6 Å². The summed E-state index contributed by atoms with van der Waals surface area (Å²) in [7, 11) is 2.15. The Balaban J connectivity index is 1.41. The quantitative estimate of drug-likeness (QED) is 0.658. The predicted octanol–water partition coefficient (Wildman–Crippen LogP) is 3.84. The third-order valence-corrected chi connectivity index (χ3v) is 5.36. The Morgan fingerprint density at radius 1 is 0.871 bits per heavy atom. The highest BCUT2D eigenvalue weighted by molar-refractivity contribution is 6.04. The number of hydrogen-bond acceptors (Lipinski definition) is 6. The van der Waals surface area contributed by atoms with Crippen LogP contribution in [0.3, 0.4) is 0 Å². The molecule has 1 aliphatic rings. The molecule has 4 rings (SSSR count). The number of nitrogens with zero attached hydrogens (tertiary/aromatic N) is 4. The zero-order chi connectivity index (χ0) is 21.8. The van der Waals surface area contributed by atoms with Crippen molar-refractivity contribution in [3.8, 4) is 0 Å². The number of likely N-dealkylation sites (N-methyl/N-ethyl adjacent to an activating group) is 1. The van der Waals surface area contributed by atoms with Gasteiger partial charge < -0.3 is 20.4 Å². The van der Waals surface area contributed by atoms with E-state index >= 15 is 0 Å². The van der Waals surface area contributed by atoms with Crippen molar-refractivity contribution in [3.05, 3.63) is 71.5 Å². The van der Waals surface area contributed by atoms with Gasteiger partial charge in [0.05, 0.1) is 0 Å². The third-order valence-electron chi connectivity index (χ3n) is 5.36. The average Bonchev–Trinajstić information content (AvgIpc) is 2.74. The highest BCUT2D eigenvalue weighted by atomic mass is 16.1. The van der Waals surface area contributed by atoms with Gasteiger partial charge in [0, 0.05) is 60.2 Å². The Labute approximate surface area is 183 Å². The molecule has 1 aromatic heterocycles. The van der Waals surface area contributed by atoms with E-state index < -0.39 is 0 Å². The Bertz CT molecular complexity index is 1040. The molecule has 1 saturated heterocycles. The number of carbonyl (C=O) groups is 1. The summed E-state index contributed by atoms with van der Waals surface area (Å²) in [6, 6.07) is 17.3. The van der Waals surface area contributed by atoms with E-state index in [0.717, 1.165) is 48.9 Å². The lowest BCUT2D eigenvalue weighted by atomic mass is 10.1. The van der Waals surface area contributed by atoms with Gasteiger partial charge in [-0.25, -0.2) is 9.97 Å². The minimum Gasteiger partial charge on any atom is -0.369 e. The first kappa shape index (κ1) is 20.8. The topological polar surface area (TPSA) is 73.4 Å². The van der Waals surface area contributed by atoms with E-state index in [1.807, 2.05) is 44.2 Å². The number of piperazine rings is 1. The second-order valence-corrected chi connectivity index (χ2v) is 7.97. The fourth-order valence-corrected chi connectivity index (χ4v) is 3.67. The van der Waals surface area contributed by atoms with Crippen LogP contribution in [0.1, 0.15) is 21.7 Å². The summed E-state index contributed by atoms with van der Waals surface area (Å²) in [6.07, 6.45) is 0. The van der Waals surface area contributed by atoms with Gasteiger partial charge in [0.15, 0.2) is 0 Å². The van der Waals surface area contributed by atoms with E-state index in [-0.39, 0.29) is 5.91 Å². The molecule has 0 radical (unpaired) electrons. The van der Waals surface area contributed by atoms with Gasteiger partial charge in [-0.05, 0) is 69.4 Å². The van der Waals surface area contributed by atoms with Gasteiger partial charge in [-0.15, -0.1) is 0 Å². The summed E-state index contributed by atoms with van der Waals surface area (Å²) in [5.41, 5.74) is 5.08. The number of carbonyl (C=O) groups excluding carboxylic acids is 1. The monoisotopic (exact) mass is 416 g/mol. The molecule has 0 bridgehead atoms. The van der Waals surface area contributed by atoms with Crippen molar-refractivity contribution in [2.75, 3.05) is 48.8 Å². The Kier molecular flexibility index (Phi) is 6.13. The van der Waals surface area contributed by atoms with Gasteiger partial charge in [0.2, 0.25) is 5.95 Å². The Morgan fingerprint density at radius 3 is 2.23 bits per heavy atom. The number of aromatic nitrogens is 2. The van der Waals surface area contributed by atoms with Gasteiger partial charge in [-0.2, -0.15) is 0 Å². The molecule has 31 heavy (non-hydrogen) atoms. The molecule has 1 aliphatic heterocycles. The molecule has 0 saturated carbocycles. The van der Waals surface area contributed by atoms with Crippen LogP contribution >= 0.6 is 0 Å². The van der Waals surface area contributed by atoms with Crippen LogP contribution < -0.4 is 15.5 Å². The van der Waals surface area contributed by atoms with Crippen molar-refractivity contribution >= 4 is 28.9 Å². The van der Waals surface area contributed by atoms with Crippen LogP contribution in [-0.4, -0.2) is 54.0 Å². The SMILES string of the molecule is Cc1cc(C)nc(Nc2cccc(C(=O)Nc3ccc(N4CCN(C)CC4)cc3)c2)n1. The zero-order valence-corrected chi connectivity index (χ0v) is 18.2. The molecule has 1 amide bonds. The molecule has 3 aromatic rings. The van der Waals surface area contributed by atoms with Crippen LogP contribution in [0.5, 0.6) is 0 Å². The number of nitrogens with one attached hydrogen (secondary N) is 2. The van der Waals surface area contributed by atoms with E-state index in [9.17, 15) is 4.79 Å². The van der Waals surface area contributed by atoms with Gasteiger partial charge in [-0.1, -0.05) is 6.07 Å². The second kappa shape index (κ2) is 9.14. The maximum Gasteiger partial charge on any atom is 0.255 e. The maximum absolute atomic E-state index is 12.8. The summed E-state index contributed by atoms with van der Waals surface area (Å²) in [5, 5.41) is 6.16. The normalized spacial score (nSPS) is 14.4. The molecule has 2 heterocycles. The van der Waals surface area contributed by atoms with Crippen LogP contribution in [0.15, 0.2) is 54.6 Å². The second-order valence-electron chi connectivity index (χ2n) is 7.97. The summed E-state index contributed by atoms with van der Waals surface area (Å²) in [5.74, 6) is 0.367. The lowest BCUT2D eigenvalue weighted by Crippen LogP contribution is -2.44. The first-order chi connectivity index (χ1) is 15.0. The highest BCUT2D eigenvalue weighted by Crippen LogP contribution is 2.21. The molecule has 160 valence electrons. The Morgan fingerprint density at radius 2 is 1.55 bits per heavy atom. The van der Waals surface area contributed by atoms with Gasteiger partial charge in [0.1, 0.15) is 0 Å². The standard InChI is InChI=1S/C24H28N6O/c1-17-15-18(2)26-24(25-17)28-21-6-4-5-19(16-21)23(31)27-20-7-9-22(10-8-20)30-13-11-29(3)12-14-30/h4-10,15-16H,11-14H2,1-3H3,(H,27,31)(H,25,26,28). The van der Waals surface area contributed by atoms with E-state index in [1.54, 1.807) is 12.1 Å². The maximum atomic E-state index is 12.8. The van der Waals surface area contributed by atoms with Gasteiger partial charge >= 0.3 is 0 Å². The molecular weight excluding hydrogens is 388 g/mol. The average molecular weight is 417 g/mol. The minimum absolute atomic E-state index is 0.155. The van der Waals surface area contributed by atoms with Crippen LogP contribution in [0.25, 0.3) is 0 Å². The van der Waals surface area contributed by atoms with Crippen molar-refractivity contribution in [2.45, 2.75) is 13.8 Å². The summed E-state index contributed by atoms with van der Waals surface area (Å²) < 4.78 is 0. The molecule has 0 unspecified atom stereocenters. The number of amides is 1. The summed E-state index contributed by atoms with van der Waals surface area (Å²) in [6.45, 7) is 8.03. The van der Waals surface area contributed by atoms with Crippen LogP contribution in [0.4, 0.5) is 23.0 Å². The number of benzene rings is 2. The molecule has 2 aromatic carbocycles. The highest BCUT2D eigenvalue weighted by Gasteiger charge is 2.14. The minimum atomic E-state index is -0.155. The van der Waals surface area contributed by atoms with Crippen LogP contribution in [0.2, 0.25) is 0 Å². The van der Waals surface area contributed by atoms with Crippen molar-refractivity contribution < 1.29 is 4.79 Å². The lowest BCUT2D eigenvalue weighted by Gasteiger charge is -2.34. The van der Waals surface area contributed by atoms with Crippen molar-refractivity contribution in [1.29, 1.82) is 0 Å². The van der Waals surface area contributed by atoms with Crippen LogP contribution in [0, 0.1) is 13.8 Å². The number of hydrogen-bond donors (Lipinski definition) is 2. The largest absolute Gasteiger partial charge is 0.369 e. The third kappa shape index (κ3) is 5.38. The summed E-state index contributed by atoms with van der Waals surface area (Å²) in [4.78, 5) is 26.3. The fraction of sp³-hybridized carbons (Fsp3) is 0.292. The molecule has 0 atom stereocenters. The van der Waals surface area contributed by atoms with Gasteiger partial charge in [0.25, 0.3) is 5.91 Å². The number of aryl methyl sites for hydroxylation is 2. The van der Waals surface area contributed by atoms with Crippen molar-refractivity contribution in [3.63, 3.8) is 0 Å². The molecule has 1 fully saturated rings. The van der Waals surface area contributed by atoms with E-state index in [0.29, 0.717) is 11.5 Å². The molecule has 7 heteroatoms. The Hall–Kier alpha value is -3.45. The number of rotatable bonds is 5. The van der Waals surface area contributed by atoms with E-state index in [1.165, 1.54) is 5.69 Å². The molecule has 2 N–H and O–H groups in total. The summed E-state index contributed by atoms with van der Waals surface area (Å²) >= 11 is 0. The molecular formula is C24H28N6O. The molecule has 0 spiro atoms. The van der Waals surface area contributed by atoms with Crippen molar-refractivity contribution in [1.82, 2.24) is 14.9 Å². The number of anilines is 4. The van der Waals surface area contributed by atoms with Gasteiger partial charge in [-0.3, -0.25) is 4.79 Å². The van der Waals surface area contributed by atoms with E-state index in [4.69, 9.17) is 0 Å². The smallest absolute Gasteiger partial charge is 0.255 e. The molecule has 0 aliphatic carbocycles.